The quantitative estimate of drug-likeness (QED) is 0.885. The maximum absolute atomic E-state index is 11.2. The van der Waals surface area contributed by atoms with Gasteiger partial charge in [-0.2, -0.15) is 0 Å². The van der Waals surface area contributed by atoms with Crippen LogP contribution in [-0.4, -0.2) is 17.0 Å². The van der Waals surface area contributed by atoms with Crippen LogP contribution in [-0.2, 0) is 11.4 Å². The summed E-state index contributed by atoms with van der Waals surface area (Å²) in [6.07, 6.45) is 0. The van der Waals surface area contributed by atoms with Crippen molar-refractivity contribution in [3.63, 3.8) is 0 Å². The van der Waals surface area contributed by atoms with Crippen molar-refractivity contribution in [2.24, 2.45) is 0 Å². The maximum atomic E-state index is 11.2. The van der Waals surface area contributed by atoms with Gasteiger partial charge in [0.05, 0.1) is 11.3 Å². The van der Waals surface area contributed by atoms with Gasteiger partial charge in [-0.25, -0.2) is 4.79 Å². The molecule has 0 saturated carbocycles. The van der Waals surface area contributed by atoms with E-state index in [0.717, 1.165) is 5.56 Å². The lowest BCUT2D eigenvalue weighted by Crippen LogP contribution is -2.09. The van der Waals surface area contributed by atoms with E-state index in [9.17, 15) is 9.59 Å². The fourth-order valence-electron chi connectivity index (χ4n) is 1.81. The van der Waals surface area contributed by atoms with Gasteiger partial charge in [-0.1, -0.05) is 30.3 Å². The summed E-state index contributed by atoms with van der Waals surface area (Å²) in [6, 6.07) is 13.9. The van der Waals surface area contributed by atoms with E-state index < -0.39 is 5.97 Å². The fourth-order valence-corrected chi connectivity index (χ4v) is 1.81. The Kier molecular flexibility index (Phi) is 4.56. The van der Waals surface area contributed by atoms with E-state index in [1.165, 1.54) is 25.1 Å². The molecule has 0 saturated heterocycles. The van der Waals surface area contributed by atoms with Crippen LogP contribution in [0.4, 0.5) is 5.69 Å². The van der Waals surface area contributed by atoms with Crippen LogP contribution in [0.15, 0.2) is 48.5 Å². The monoisotopic (exact) mass is 285 g/mol. The van der Waals surface area contributed by atoms with Gasteiger partial charge >= 0.3 is 5.97 Å². The smallest absolute Gasteiger partial charge is 0.335 e. The molecule has 21 heavy (non-hydrogen) atoms. The molecule has 0 atom stereocenters. The predicted molar refractivity (Wildman–Crippen MR) is 78.5 cm³/mol. The van der Waals surface area contributed by atoms with E-state index in [4.69, 9.17) is 9.84 Å². The molecular weight excluding hydrogens is 270 g/mol. The third-order valence-corrected chi connectivity index (χ3v) is 2.77. The van der Waals surface area contributed by atoms with E-state index >= 15 is 0 Å². The first-order valence-corrected chi connectivity index (χ1v) is 6.38. The molecule has 0 aliphatic rings. The number of amides is 1. The van der Waals surface area contributed by atoms with Gasteiger partial charge in [-0.3, -0.25) is 4.79 Å². The van der Waals surface area contributed by atoms with E-state index in [2.05, 4.69) is 5.32 Å². The summed E-state index contributed by atoms with van der Waals surface area (Å²) in [7, 11) is 0. The van der Waals surface area contributed by atoms with E-state index in [0.29, 0.717) is 18.0 Å². The van der Waals surface area contributed by atoms with Crippen molar-refractivity contribution in [2.75, 3.05) is 5.32 Å². The number of aromatic carboxylic acids is 1. The molecule has 0 unspecified atom stereocenters. The zero-order chi connectivity index (χ0) is 15.2. The highest BCUT2D eigenvalue weighted by Crippen LogP contribution is 2.27. The Hall–Kier alpha value is -2.82. The second kappa shape index (κ2) is 6.56. The fraction of sp³-hybridized carbons (Fsp3) is 0.125. The van der Waals surface area contributed by atoms with Crippen LogP contribution in [0.1, 0.15) is 22.8 Å². The van der Waals surface area contributed by atoms with Gasteiger partial charge in [0, 0.05) is 6.92 Å². The third-order valence-electron chi connectivity index (χ3n) is 2.77. The van der Waals surface area contributed by atoms with Crippen LogP contribution in [0.25, 0.3) is 0 Å². The zero-order valence-corrected chi connectivity index (χ0v) is 11.5. The molecule has 5 heteroatoms. The average Bonchev–Trinajstić information content (AvgIpc) is 2.46. The van der Waals surface area contributed by atoms with Crippen molar-refractivity contribution in [1.82, 2.24) is 0 Å². The molecule has 2 N–H and O–H groups in total. The molecule has 0 bridgehead atoms. The number of hydrogen-bond acceptors (Lipinski definition) is 3. The second-order valence-corrected chi connectivity index (χ2v) is 4.47. The topological polar surface area (TPSA) is 75.6 Å². The molecule has 0 aliphatic heterocycles. The van der Waals surface area contributed by atoms with Crippen LogP contribution in [0.5, 0.6) is 5.75 Å². The minimum absolute atomic E-state index is 0.0887. The van der Waals surface area contributed by atoms with Crippen molar-refractivity contribution in [3.05, 3.63) is 59.7 Å². The first-order chi connectivity index (χ1) is 10.1. The number of carboxylic acid groups (broad SMARTS) is 1. The summed E-state index contributed by atoms with van der Waals surface area (Å²) < 4.78 is 5.65. The summed E-state index contributed by atoms with van der Waals surface area (Å²) in [5, 5.41) is 11.6. The lowest BCUT2D eigenvalue weighted by molar-refractivity contribution is -0.114. The van der Waals surface area contributed by atoms with Crippen molar-refractivity contribution < 1.29 is 19.4 Å². The molecule has 0 radical (unpaired) electrons. The van der Waals surface area contributed by atoms with Gasteiger partial charge in [0.15, 0.2) is 0 Å². The van der Waals surface area contributed by atoms with Gasteiger partial charge in [-0.15, -0.1) is 0 Å². The zero-order valence-electron chi connectivity index (χ0n) is 11.5. The largest absolute Gasteiger partial charge is 0.487 e. The van der Waals surface area contributed by atoms with Gasteiger partial charge < -0.3 is 15.2 Å². The van der Waals surface area contributed by atoms with Crippen molar-refractivity contribution >= 4 is 17.6 Å². The number of ether oxygens (including phenoxy) is 1. The highest BCUT2D eigenvalue weighted by molar-refractivity contribution is 5.94. The Morgan fingerprint density at radius 2 is 1.86 bits per heavy atom. The first-order valence-electron chi connectivity index (χ1n) is 6.38. The van der Waals surface area contributed by atoms with Crippen LogP contribution in [0.3, 0.4) is 0 Å². The highest BCUT2D eigenvalue weighted by atomic mass is 16.5. The van der Waals surface area contributed by atoms with E-state index in [1.807, 2.05) is 30.3 Å². The molecular formula is C16H15NO4. The lowest BCUT2D eigenvalue weighted by atomic mass is 10.2. The van der Waals surface area contributed by atoms with Crippen LogP contribution < -0.4 is 10.1 Å². The number of rotatable bonds is 5. The minimum atomic E-state index is -1.06. The molecule has 2 aromatic rings. The van der Waals surface area contributed by atoms with E-state index in [-0.39, 0.29) is 11.5 Å². The average molecular weight is 285 g/mol. The molecule has 5 nitrogen and oxygen atoms in total. The van der Waals surface area contributed by atoms with Gasteiger partial charge in [0.1, 0.15) is 12.4 Å². The van der Waals surface area contributed by atoms with E-state index in [1.54, 1.807) is 0 Å². The number of hydrogen-bond donors (Lipinski definition) is 2. The number of carbonyl (C=O) groups is 2. The van der Waals surface area contributed by atoms with Crippen LogP contribution in [0.2, 0.25) is 0 Å². The van der Waals surface area contributed by atoms with Crippen LogP contribution in [0, 0.1) is 0 Å². The summed E-state index contributed by atoms with van der Waals surface area (Å²) >= 11 is 0. The minimum Gasteiger partial charge on any atom is -0.487 e. The summed E-state index contributed by atoms with van der Waals surface area (Å²) in [5.74, 6) is -0.919. The summed E-state index contributed by atoms with van der Waals surface area (Å²) in [6.45, 7) is 1.69. The second-order valence-electron chi connectivity index (χ2n) is 4.47. The highest BCUT2D eigenvalue weighted by Gasteiger charge is 2.10. The van der Waals surface area contributed by atoms with Crippen molar-refractivity contribution in [2.45, 2.75) is 13.5 Å². The lowest BCUT2D eigenvalue weighted by Gasteiger charge is -2.12. The number of carbonyl (C=O) groups excluding carboxylic acids is 1. The molecule has 0 heterocycles. The molecule has 0 fully saturated rings. The number of carboxylic acids is 1. The molecule has 2 aromatic carbocycles. The molecule has 0 aliphatic carbocycles. The summed E-state index contributed by atoms with van der Waals surface area (Å²) in [4.78, 5) is 22.2. The third kappa shape index (κ3) is 4.07. The first kappa shape index (κ1) is 14.6. The Morgan fingerprint density at radius 1 is 1.14 bits per heavy atom. The predicted octanol–water partition coefficient (Wildman–Crippen LogP) is 2.92. The normalized spacial score (nSPS) is 9.95. The van der Waals surface area contributed by atoms with Gasteiger partial charge in [0.25, 0.3) is 0 Å². The number of anilines is 1. The number of benzene rings is 2. The van der Waals surface area contributed by atoms with Crippen molar-refractivity contribution in [1.29, 1.82) is 0 Å². The molecule has 1 amide bonds. The number of nitrogens with one attached hydrogen (secondary N) is 1. The Balaban J connectivity index is 2.21. The van der Waals surface area contributed by atoms with Crippen molar-refractivity contribution in [3.8, 4) is 5.75 Å². The Labute approximate surface area is 122 Å². The molecule has 0 aromatic heterocycles. The van der Waals surface area contributed by atoms with Gasteiger partial charge in [-0.05, 0) is 23.8 Å². The SMILES string of the molecule is CC(=O)Nc1cc(C(=O)O)ccc1OCc1ccccc1. The standard InChI is InChI=1S/C16H15NO4/c1-11(18)17-14-9-13(16(19)20)7-8-15(14)21-10-12-5-3-2-4-6-12/h2-9H,10H2,1H3,(H,17,18)(H,19,20). The Bertz CT molecular complexity index is 653. The van der Waals surface area contributed by atoms with Crippen LogP contribution >= 0.6 is 0 Å². The maximum Gasteiger partial charge on any atom is 0.335 e. The molecule has 2 rings (SSSR count). The molecule has 108 valence electrons. The Morgan fingerprint density at radius 3 is 2.48 bits per heavy atom. The summed E-state index contributed by atoms with van der Waals surface area (Å²) in [5.41, 5.74) is 1.41. The molecule has 0 spiro atoms. The van der Waals surface area contributed by atoms with Gasteiger partial charge in [0.2, 0.25) is 5.91 Å².